The number of aromatic amines is 1. The fraction of sp³-hybridized carbons (Fsp3) is 0.0556. The first-order chi connectivity index (χ1) is 12.5. The molecule has 3 rings (SSSR count). The molecule has 0 saturated heterocycles. The fourth-order valence-electron chi connectivity index (χ4n) is 2.45. The van der Waals surface area contributed by atoms with E-state index in [2.05, 4.69) is 15.5 Å². The number of aromatic nitrogens is 2. The maximum Gasteiger partial charge on any atom is 0.330 e. The molecule has 0 aliphatic rings. The number of phenols is 1. The lowest BCUT2D eigenvalue weighted by atomic mass is 10.1. The first-order valence-electron chi connectivity index (χ1n) is 7.58. The number of carboxylic acid groups (broad SMARTS) is 1. The van der Waals surface area contributed by atoms with Crippen molar-refractivity contribution in [1.82, 2.24) is 15.5 Å². The third kappa shape index (κ3) is 3.54. The third-order valence-electron chi connectivity index (χ3n) is 3.71. The predicted molar refractivity (Wildman–Crippen MR) is 89.9 cm³/mol. The second-order valence-corrected chi connectivity index (χ2v) is 5.48. The van der Waals surface area contributed by atoms with Crippen LogP contribution in [0.1, 0.15) is 22.1 Å². The molecule has 0 spiro atoms. The van der Waals surface area contributed by atoms with Crippen molar-refractivity contribution in [3.8, 4) is 17.0 Å². The van der Waals surface area contributed by atoms with Gasteiger partial charge < -0.3 is 15.5 Å². The van der Waals surface area contributed by atoms with Gasteiger partial charge >= 0.3 is 5.97 Å². The van der Waals surface area contributed by atoms with Crippen LogP contribution in [0, 0.1) is 5.82 Å². The average molecular weight is 355 g/mol. The molecule has 0 saturated carbocycles. The number of nitrogens with one attached hydrogen (secondary N) is 2. The Bertz CT molecular complexity index is 970. The number of H-pyrrole nitrogens is 1. The summed E-state index contributed by atoms with van der Waals surface area (Å²) >= 11 is 0. The van der Waals surface area contributed by atoms with Gasteiger partial charge in [0.15, 0.2) is 6.04 Å². The molecule has 0 fully saturated rings. The van der Waals surface area contributed by atoms with E-state index in [-0.39, 0.29) is 17.0 Å². The fourth-order valence-corrected chi connectivity index (χ4v) is 2.45. The molecule has 0 aliphatic heterocycles. The highest BCUT2D eigenvalue weighted by Crippen LogP contribution is 2.27. The van der Waals surface area contributed by atoms with Gasteiger partial charge in [-0.3, -0.25) is 9.89 Å². The lowest BCUT2D eigenvalue weighted by molar-refractivity contribution is -0.139. The van der Waals surface area contributed by atoms with Gasteiger partial charge in [0.1, 0.15) is 17.3 Å². The van der Waals surface area contributed by atoms with Crippen molar-refractivity contribution in [2.24, 2.45) is 0 Å². The Morgan fingerprint density at radius 2 is 1.88 bits per heavy atom. The SMILES string of the molecule is O=C(NC(C(=O)O)c1cccc(F)c1)c1cc(-c2ccccc2O)n[nH]1. The summed E-state index contributed by atoms with van der Waals surface area (Å²) in [5.74, 6) is -2.67. The molecule has 1 unspecified atom stereocenters. The number of carboxylic acids is 1. The zero-order valence-electron chi connectivity index (χ0n) is 13.3. The summed E-state index contributed by atoms with van der Waals surface area (Å²) in [6.45, 7) is 0. The monoisotopic (exact) mass is 355 g/mol. The van der Waals surface area contributed by atoms with Gasteiger partial charge in [-0.1, -0.05) is 24.3 Å². The van der Waals surface area contributed by atoms with Crippen LogP contribution in [0.5, 0.6) is 5.75 Å². The zero-order chi connectivity index (χ0) is 18.7. The van der Waals surface area contributed by atoms with Crippen molar-refractivity contribution in [2.75, 3.05) is 0 Å². The molecule has 8 heteroatoms. The van der Waals surface area contributed by atoms with Crippen molar-refractivity contribution in [2.45, 2.75) is 6.04 Å². The second-order valence-electron chi connectivity index (χ2n) is 5.48. The minimum absolute atomic E-state index is 0.00543. The third-order valence-corrected chi connectivity index (χ3v) is 3.71. The quantitative estimate of drug-likeness (QED) is 0.561. The number of rotatable bonds is 5. The van der Waals surface area contributed by atoms with Crippen LogP contribution in [0.15, 0.2) is 54.6 Å². The number of hydrogen-bond acceptors (Lipinski definition) is 4. The van der Waals surface area contributed by atoms with Crippen LogP contribution in [0.25, 0.3) is 11.3 Å². The molecule has 7 nitrogen and oxygen atoms in total. The summed E-state index contributed by atoms with van der Waals surface area (Å²) in [6.07, 6.45) is 0. The van der Waals surface area contributed by atoms with E-state index in [1.54, 1.807) is 18.2 Å². The number of nitrogens with zero attached hydrogens (tertiary/aromatic N) is 1. The largest absolute Gasteiger partial charge is 0.507 e. The van der Waals surface area contributed by atoms with Crippen LogP contribution < -0.4 is 5.32 Å². The van der Waals surface area contributed by atoms with Crippen molar-refractivity contribution in [1.29, 1.82) is 0 Å². The second kappa shape index (κ2) is 7.06. The summed E-state index contributed by atoms with van der Waals surface area (Å²) in [7, 11) is 0. The molecule has 132 valence electrons. The van der Waals surface area contributed by atoms with Gasteiger partial charge in [-0.15, -0.1) is 0 Å². The van der Waals surface area contributed by atoms with E-state index < -0.39 is 23.7 Å². The van der Waals surface area contributed by atoms with E-state index in [0.29, 0.717) is 11.3 Å². The van der Waals surface area contributed by atoms with Gasteiger partial charge in [0, 0.05) is 5.56 Å². The number of phenolic OH excluding ortho intramolecular Hbond substituents is 1. The summed E-state index contributed by atoms with van der Waals surface area (Å²) in [6, 6.07) is 11.4. The number of benzene rings is 2. The Labute approximate surface area is 147 Å². The standard InChI is InChI=1S/C18H14FN3O4/c19-11-5-3-4-10(8-11)16(18(25)26)20-17(24)14-9-13(21-22-14)12-6-1-2-7-15(12)23/h1-9,16,23H,(H,20,24)(H,21,22)(H,25,26). The summed E-state index contributed by atoms with van der Waals surface area (Å²) in [5, 5.41) is 27.9. The first-order valence-corrected chi connectivity index (χ1v) is 7.58. The Morgan fingerprint density at radius 1 is 1.12 bits per heavy atom. The first kappa shape index (κ1) is 17.2. The Morgan fingerprint density at radius 3 is 2.58 bits per heavy atom. The van der Waals surface area contributed by atoms with E-state index in [1.165, 1.54) is 30.3 Å². The highest BCUT2D eigenvalue weighted by atomic mass is 19.1. The van der Waals surface area contributed by atoms with Gasteiger partial charge in [-0.05, 0) is 35.9 Å². The van der Waals surface area contributed by atoms with Gasteiger partial charge in [-0.2, -0.15) is 5.10 Å². The minimum atomic E-state index is -1.42. The van der Waals surface area contributed by atoms with Gasteiger partial charge in [0.2, 0.25) is 0 Å². The van der Waals surface area contributed by atoms with Gasteiger partial charge in [-0.25, -0.2) is 9.18 Å². The molecule has 0 bridgehead atoms. The molecule has 1 heterocycles. The molecule has 1 amide bonds. The van der Waals surface area contributed by atoms with Crippen LogP contribution in [0.3, 0.4) is 0 Å². The van der Waals surface area contributed by atoms with Crippen LogP contribution in [-0.4, -0.2) is 32.3 Å². The van der Waals surface area contributed by atoms with E-state index in [4.69, 9.17) is 0 Å². The van der Waals surface area contributed by atoms with E-state index in [9.17, 15) is 24.2 Å². The number of amides is 1. The smallest absolute Gasteiger partial charge is 0.330 e. The molecule has 1 aromatic heterocycles. The topological polar surface area (TPSA) is 115 Å². The summed E-state index contributed by atoms with van der Waals surface area (Å²) in [4.78, 5) is 23.8. The highest BCUT2D eigenvalue weighted by Gasteiger charge is 2.24. The molecular formula is C18H14FN3O4. The van der Waals surface area contributed by atoms with Crippen molar-refractivity contribution in [3.63, 3.8) is 0 Å². The van der Waals surface area contributed by atoms with Crippen LogP contribution in [-0.2, 0) is 4.79 Å². The average Bonchev–Trinajstić information content (AvgIpc) is 3.09. The van der Waals surface area contributed by atoms with Gasteiger partial charge in [0.25, 0.3) is 5.91 Å². The number of para-hydroxylation sites is 1. The zero-order valence-corrected chi connectivity index (χ0v) is 13.3. The summed E-state index contributed by atoms with van der Waals surface area (Å²) in [5.41, 5.74) is 0.853. The van der Waals surface area contributed by atoms with Crippen molar-refractivity contribution < 1.29 is 24.2 Å². The van der Waals surface area contributed by atoms with Crippen LogP contribution >= 0.6 is 0 Å². The minimum Gasteiger partial charge on any atom is -0.507 e. The number of hydrogen-bond donors (Lipinski definition) is 4. The Kier molecular flexibility index (Phi) is 4.66. The molecule has 2 aromatic carbocycles. The number of aliphatic carboxylic acids is 1. The summed E-state index contributed by atoms with van der Waals surface area (Å²) < 4.78 is 13.3. The molecule has 3 aromatic rings. The normalized spacial score (nSPS) is 11.7. The van der Waals surface area contributed by atoms with E-state index in [0.717, 1.165) is 6.07 Å². The molecule has 4 N–H and O–H groups in total. The lowest BCUT2D eigenvalue weighted by Crippen LogP contribution is -2.34. The number of halogens is 1. The number of carbonyl (C=O) groups is 2. The van der Waals surface area contributed by atoms with Crippen LogP contribution in [0.4, 0.5) is 4.39 Å². The predicted octanol–water partition coefficient (Wildman–Crippen LogP) is 2.48. The van der Waals surface area contributed by atoms with Crippen molar-refractivity contribution >= 4 is 11.9 Å². The lowest BCUT2D eigenvalue weighted by Gasteiger charge is -2.14. The molecule has 26 heavy (non-hydrogen) atoms. The molecule has 0 radical (unpaired) electrons. The highest BCUT2D eigenvalue weighted by molar-refractivity contribution is 5.96. The maximum atomic E-state index is 13.3. The van der Waals surface area contributed by atoms with Crippen LogP contribution in [0.2, 0.25) is 0 Å². The Balaban J connectivity index is 1.83. The van der Waals surface area contributed by atoms with E-state index in [1.807, 2.05) is 0 Å². The van der Waals surface area contributed by atoms with Crippen molar-refractivity contribution in [3.05, 3.63) is 71.7 Å². The number of carbonyl (C=O) groups excluding carboxylic acids is 1. The molecular weight excluding hydrogens is 341 g/mol. The molecule has 1 atom stereocenters. The number of aromatic hydroxyl groups is 1. The molecule has 0 aliphatic carbocycles. The maximum absolute atomic E-state index is 13.3. The van der Waals surface area contributed by atoms with E-state index >= 15 is 0 Å². The van der Waals surface area contributed by atoms with Gasteiger partial charge in [0.05, 0.1) is 5.69 Å². The Hall–Kier alpha value is -3.68.